The van der Waals surface area contributed by atoms with Crippen molar-refractivity contribution in [3.8, 4) is 11.8 Å². The Morgan fingerprint density at radius 1 is 1.52 bits per heavy atom. The number of carbonyl (C=O) groups excluding carboxylic acids is 1. The second-order valence-corrected chi connectivity index (χ2v) is 6.13. The van der Waals surface area contributed by atoms with Crippen LogP contribution in [0.1, 0.15) is 25.5 Å². The molecule has 3 rings (SSSR count). The van der Waals surface area contributed by atoms with Gasteiger partial charge in [0.1, 0.15) is 5.41 Å². The molecule has 1 heterocycles. The molecule has 0 radical (unpaired) electrons. The third kappa shape index (κ3) is 2.61. The van der Waals surface area contributed by atoms with E-state index in [-0.39, 0.29) is 17.8 Å². The van der Waals surface area contributed by atoms with Crippen LogP contribution in [0.5, 0.6) is 0 Å². The summed E-state index contributed by atoms with van der Waals surface area (Å²) < 4.78 is 6.93. The largest absolute Gasteiger partial charge is 0.468 e. The van der Waals surface area contributed by atoms with Crippen LogP contribution in [0, 0.1) is 23.2 Å². The van der Waals surface area contributed by atoms with Crippen molar-refractivity contribution in [3.05, 3.63) is 48.5 Å². The zero-order valence-electron chi connectivity index (χ0n) is 13.3. The van der Waals surface area contributed by atoms with Gasteiger partial charge in [0.2, 0.25) is 0 Å². The van der Waals surface area contributed by atoms with Gasteiger partial charge < -0.3 is 9.30 Å². The maximum absolute atomic E-state index is 12.4. The van der Waals surface area contributed by atoms with Gasteiger partial charge in [-0.25, -0.2) is 4.98 Å². The van der Waals surface area contributed by atoms with E-state index in [4.69, 9.17) is 10.00 Å². The first kappa shape index (κ1) is 15.3. The molecule has 2 aromatic rings. The highest BCUT2D eigenvalue weighted by Gasteiger charge is 2.63. The summed E-state index contributed by atoms with van der Waals surface area (Å²) in [6.07, 6.45) is 4.99. The minimum absolute atomic E-state index is 0.0808. The summed E-state index contributed by atoms with van der Waals surface area (Å²) >= 11 is 0. The van der Waals surface area contributed by atoms with Crippen LogP contribution in [0.3, 0.4) is 0 Å². The Kier molecular flexibility index (Phi) is 3.91. The smallest absolute Gasteiger partial charge is 0.318 e. The predicted molar refractivity (Wildman–Crippen MR) is 84.8 cm³/mol. The van der Waals surface area contributed by atoms with Crippen molar-refractivity contribution in [1.82, 2.24) is 9.55 Å². The van der Waals surface area contributed by atoms with E-state index in [0.29, 0.717) is 12.8 Å². The number of hydrogen-bond acceptors (Lipinski definition) is 4. The lowest BCUT2D eigenvalue weighted by Gasteiger charge is -2.13. The first-order valence-corrected chi connectivity index (χ1v) is 7.69. The number of aromatic nitrogens is 2. The maximum atomic E-state index is 12.4. The zero-order valence-corrected chi connectivity index (χ0v) is 13.3. The van der Waals surface area contributed by atoms with Gasteiger partial charge in [0.15, 0.2) is 0 Å². The van der Waals surface area contributed by atoms with Crippen LogP contribution in [-0.4, -0.2) is 22.6 Å². The molecule has 0 amide bonds. The zero-order chi connectivity index (χ0) is 16.4. The molecule has 0 spiro atoms. The third-order valence-electron chi connectivity index (χ3n) is 4.61. The number of carbonyl (C=O) groups is 1. The summed E-state index contributed by atoms with van der Waals surface area (Å²) in [6, 6.07) is 12.1. The highest BCUT2D eigenvalue weighted by Crippen LogP contribution is 2.57. The number of nitriles is 1. The van der Waals surface area contributed by atoms with Crippen molar-refractivity contribution >= 4 is 5.97 Å². The number of ether oxygens (including phenoxy) is 1. The predicted octanol–water partition coefficient (Wildman–Crippen LogP) is 2.85. The fraction of sp³-hybridized carbons (Fsp3) is 0.389. The van der Waals surface area contributed by atoms with Gasteiger partial charge in [-0.15, -0.1) is 0 Å². The molecule has 1 fully saturated rings. The van der Waals surface area contributed by atoms with Crippen LogP contribution in [0.2, 0.25) is 0 Å². The number of rotatable bonds is 5. The number of para-hydroxylation sites is 1. The Balaban J connectivity index is 1.90. The second-order valence-electron chi connectivity index (χ2n) is 6.13. The minimum atomic E-state index is -0.695. The van der Waals surface area contributed by atoms with Gasteiger partial charge in [0, 0.05) is 17.8 Å². The molecule has 118 valence electrons. The average Bonchev–Trinajstić information content (AvgIpc) is 3.08. The number of methoxy groups -OCH3 is 1. The summed E-state index contributed by atoms with van der Waals surface area (Å²) in [4.78, 5) is 16.8. The van der Waals surface area contributed by atoms with Gasteiger partial charge in [0.25, 0.3) is 0 Å². The van der Waals surface area contributed by atoms with Crippen molar-refractivity contribution in [3.63, 3.8) is 0 Å². The highest BCUT2D eigenvalue weighted by atomic mass is 16.5. The van der Waals surface area contributed by atoms with Crippen molar-refractivity contribution in [2.45, 2.75) is 25.2 Å². The van der Waals surface area contributed by atoms with Gasteiger partial charge in [-0.1, -0.05) is 18.2 Å². The van der Waals surface area contributed by atoms with Crippen LogP contribution < -0.4 is 0 Å². The van der Waals surface area contributed by atoms with E-state index in [1.807, 2.05) is 48.0 Å². The second kappa shape index (κ2) is 5.88. The molecule has 1 aliphatic carbocycles. The highest BCUT2D eigenvalue weighted by molar-refractivity contribution is 5.86. The standard InChI is InChI=1S/C18H19N3O2/c1-13(10-19)8-14-9-18(14,17(22)23-2)16-11-21(12-20-16)15-6-4-3-5-7-15/h3-7,11-14H,8-9H2,1-2H3/t13?,14-,18+/m0/s1. The Morgan fingerprint density at radius 3 is 2.91 bits per heavy atom. The summed E-state index contributed by atoms with van der Waals surface area (Å²) in [7, 11) is 1.40. The minimum Gasteiger partial charge on any atom is -0.468 e. The fourth-order valence-corrected chi connectivity index (χ4v) is 3.24. The summed E-state index contributed by atoms with van der Waals surface area (Å²) in [5, 5.41) is 9.01. The first-order valence-electron chi connectivity index (χ1n) is 7.69. The first-order chi connectivity index (χ1) is 11.1. The van der Waals surface area contributed by atoms with Crippen molar-refractivity contribution in [2.24, 2.45) is 11.8 Å². The van der Waals surface area contributed by atoms with Crippen LogP contribution in [0.4, 0.5) is 0 Å². The molecule has 1 aromatic heterocycles. The molecule has 0 N–H and O–H groups in total. The van der Waals surface area contributed by atoms with E-state index >= 15 is 0 Å². The summed E-state index contributed by atoms with van der Waals surface area (Å²) in [5.41, 5.74) is 1.03. The van der Waals surface area contributed by atoms with Gasteiger partial charge in [-0.2, -0.15) is 5.26 Å². The molecule has 0 aliphatic heterocycles. The molecular formula is C18H19N3O2. The lowest BCUT2D eigenvalue weighted by molar-refractivity contribution is -0.144. The SMILES string of the molecule is COC(=O)[C@]1(c2cn(-c3ccccc3)cn2)C[C@@H]1CC(C)C#N. The average molecular weight is 309 g/mol. The van der Waals surface area contributed by atoms with E-state index in [0.717, 1.165) is 11.4 Å². The van der Waals surface area contributed by atoms with Gasteiger partial charge in [0.05, 0.1) is 25.2 Å². The molecule has 1 aliphatic rings. The van der Waals surface area contributed by atoms with E-state index in [1.54, 1.807) is 6.33 Å². The molecular weight excluding hydrogens is 290 g/mol. The summed E-state index contributed by atoms with van der Waals surface area (Å²) in [5.74, 6) is -0.225. The van der Waals surface area contributed by atoms with Crippen LogP contribution in [-0.2, 0) is 14.9 Å². The quantitative estimate of drug-likeness (QED) is 0.796. The fourth-order valence-electron chi connectivity index (χ4n) is 3.24. The van der Waals surface area contributed by atoms with Gasteiger partial charge >= 0.3 is 5.97 Å². The molecule has 1 unspecified atom stereocenters. The normalized spacial score (nSPS) is 23.8. The van der Waals surface area contributed by atoms with Crippen LogP contribution >= 0.6 is 0 Å². The van der Waals surface area contributed by atoms with Gasteiger partial charge in [-0.05, 0) is 37.8 Å². The number of esters is 1. The molecule has 5 nitrogen and oxygen atoms in total. The Morgan fingerprint density at radius 2 is 2.26 bits per heavy atom. The molecule has 23 heavy (non-hydrogen) atoms. The lowest BCUT2D eigenvalue weighted by atomic mass is 9.95. The third-order valence-corrected chi connectivity index (χ3v) is 4.61. The van der Waals surface area contributed by atoms with Crippen molar-refractivity contribution in [1.29, 1.82) is 5.26 Å². The number of benzene rings is 1. The molecule has 5 heteroatoms. The van der Waals surface area contributed by atoms with E-state index in [9.17, 15) is 4.79 Å². The number of hydrogen-bond donors (Lipinski definition) is 0. The van der Waals surface area contributed by atoms with E-state index < -0.39 is 5.41 Å². The van der Waals surface area contributed by atoms with Crippen LogP contribution in [0.25, 0.3) is 5.69 Å². The number of nitrogens with zero attached hydrogens (tertiary/aromatic N) is 3. The Labute approximate surface area is 135 Å². The maximum Gasteiger partial charge on any atom is 0.318 e. The topological polar surface area (TPSA) is 67.9 Å². The van der Waals surface area contributed by atoms with Crippen molar-refractivity contribution < 1.29 is 9.53 Å². The Hall–Kier alpha value is -2.61. The summed E-state index contributed by atoms with van der Waals surface area (Å²) in [6.45, 7) is 1.88. The number of imidazole rings is 1. The van der Waals surface area contributed by atoms with Gasteiger partial charge in [-0.3, -0.25) is 4.79 Å². The molecule has 3 atom stereocenters. The van der Waals surface area contributed by atoms with Crippen molar-refractivity contribution in [2.75, 3.05) is 7.11 Å². The monoisotopic (exact) mass is 309 g/mol. The Bertz CT molecular complexity index is 747. The molecule has 1 saturated carbocycles. The lowest BCUT2D eigenvalue weighted by Crippen LogP contribution is -2.25. The van der Waals surface area contributed by atoms with E-state index in [1.165, 1.54) is 7.11 Å². The molecule has 1 aromatic carbocycles. The molecule has 0 saturated heterocycles. The van der Waals surface area contributed by atoms with Crippen LogP contribution in [0.15, 0.2) is 42.9 Å². The molecule has 0 bridgehead atoms. The van der Waals surface area contributed by atoms with E-state index in [2.05, 4.69) is 11.1 Å².